The molecule has 0 saturated carbocycles. The molecule has 0 unspecified atom stereocenters. The van der Waals surface area contributed by atoms with Crippen molar-refractivity contribution in [2.24, 2.45) is 16.6 Å². The number of hydrogen-bond donors (Lipinski definition) is 2. The van der Waals surface area contributed by atoms with Gasteiger partial charge in [-0.05, 0) is 37.3 Å². The van der Waals surface area contributed by atoms with Crippen LogP contribution in [0.3, 0.4) is 0 Å². The highest BCUT2D eigenvalue weighted by Crippen LogP contribution is 2.29. The number of nitrogens with two attached hydrogens (primary N) is 1. The van der Waals surface area contributed by atoms with Gasteiger partial charge in [-0.25, -0.2) is 0 Å². The third-order valence-electron chi connectivity index (χ3n) is 4.08. The summed E-state index contributed by atoms with van der Waals surface area (Å²) in [5.74, 6) is 2.32. The summed E-state index contributed by atoms with van der Waals surface area (Å²) in [5.41, 5.74) is 6.71. The molecular weight excluding hydrogens is 449 g/mol. The third kappa shape index (κ3) is 7.96. The minimum Gasteiger partial charge on any atom is -0.493 e. The summed E-state index contributed by atoms with van der Waals surface area (Å²) < 4.78 is 21.5. The first-order valence-corrected chi connectivity index (χ1v) is 8.67. The lowest BCUT2D eigenvalue weighted by Crippen LogP contribution is -2.23. The Morgan fingerprint density at radius 2 is 1.96 bits per heavy atom. The van der Waals surface area contributed by atoms with Crippen molar-refractivity contribution in [3.05, 3.63) is 18.2 Å². The van der Waals surface area contributed by atoms with Crippen LogP contribution >= 0.6 is 24.0 Å². The number of guanidine groups is 1. The first-order chi connectivity index (χ1) is 12.2. The highest BCUT2D eigenvalue weighted by molar-refractivity contribution is 14.0. The van der Waals surface area contributed by atoms with E-state index in [2.05, 4.69) is 10.3 Å². The summed E-state index contributed by atoms with van der Waals surface area (Å²) in [5, 5.41) is 3.05. The van der Waals surface area contributed by atoms with Crippen LogP contribution in [0.5, 0.6) is 11.5 Å². The Morgan fingerprint density at radius 3 is 2.65 bits per heavy atom. The van der Waals surface area contributed by atoms with Gasteiger partial charge in [-0.2, -0.15) is 0 Å². The molecule has 1 aromatic carbocycles. The highest BCUT2D eigenvalue weighted by atomic mass is 127. The molecule has 0 aromatic heterocycles. The topological polar surface area (TPSA) is 87.3 Å². The molecule has 0 amide bonds. The molecule has 0 aliphatic carbocycles. The van der Waals surface area contributed by atoms with Crippen LogP contribution in [0.15, 0.2) is 23.2 Å². The van der Waals surface area contributed by atoms with E-state index in [9.17, 15) is 0 Å². The van der Waals surface area contributed by atoms with Gasteiger partial charge in [0, 0.05) is 44.7 Å². The normalized spacial score (nSPS) is 15.2. The fraction of sp³-hybridized carbons (Fsp3) is 0.611. The maximum absolute atomic E-state index is 5.91. The molecular formula is C18H30IN3O4. The van der Waals surface area contributed by atoms with Gasteiger partial charge in [0.1, 0.15) is 0 Å². The van der Waals surface area contributed by atoms with Crippen molar-refractivity contribution in [1.29, 1.82) is 0 Å². The summed E-state index contributed by atoms with van der Waals surface area (Å²) in [7, 11) is 3.20. The molecule has 26 heavy (non-hydrogen) atoms. The van der Waals surface area contributed by atoms with E-state index in [4.69, 9.17) is 24.7 Å². The van der Waals surface area contributed by atoms with Gasteiger partial charge in [0.15, 0.2) is 17.5 Å². The van der Waals surface area contributed by atoms with Crippen molar-refractivity contribution in [2.75, 3.05) is 52.5 Å². The van der Waals surface area contributed by atoms with Gasteiger partial charge in [0.2, 0.25) is 0 Å². The molecule has 148 valence electrons. The second-order valence-electron chi connectivity index (χ2n) is 5.95. The van der Waals surface area contributed by atoms with E-state index < -0.39 is 0 Å². The second-order valence-corrected chi connectivity index (χ2v) is 5.95. The van der Waals surface area contributed by atoms with Gasteiger partial charge < -0.3 is 30.0 Å². The number of halogens is 1. The number of nitrogens with one attached hydrogen (secondary N) is 1. The second kappa shape index (κ2) is 13.0. The van der Waals surface area contributed by atoms with E-state index >= 15 is 0 Å². The van der Waals surface area contributed by atoms with Crippen molar-refractivity contribution in [3.63, 3.8) is 0 Å². The predicted molar refractivity (Wildman–Crippen MR) is 114 cm³/mol. The van der Waals surface area contributed by atoms with Gasteiger partial charge in [-0.3, -0.25) is 4.99 Å². The molecule has 1 aliphatic rings. The molecule has 7 nitrogen and oxygen atoms in total. The number of methoxy groups -OCH3 is 2. The van der Waals surface area contributed by atoms with Crippen LogP contribution in [0.25, 0.3) is 0 Å². The molecule has 1 fully saturated rings. The molecule has 0 atom stereocenters. The van der Waals surface area contributed by atoms with Crippen molar-refractivity contribution in [2.45, 2.75) is 19.3 Å². The minimum absolute atomic E-state index is 0. The van der Waals surface area contributed by atoms with E-state index in [1.54, 1.807) is 14.2 Å². The number of nitrogens with zero attached hydrogens (tertiary/aromatic N) is 1. The zero-order valence-corrected chi connectivity index (χ0v) is 17.9. The van der Waals surface area contributed by atoms with Gasteiger partial charge >= 0.3 is 0 Å². The molecule has 0 bridgehead atoms. The summed E-state index contributed by atoms with van der Waals surface area (Å²) in [6, 6.07) is 5.50. The van der Waals surface area contributed by atoms with Gasteiger partial charge in [0.05, 0.1) is 14.2 Å². The van der Waals surface area contributed by atoms with Crippen molar-refractivity contribution in [1.82, 2.24) is 0 Å². The molecule has 2 rings (SSSR count). The molecule has 1 saturated heterocycles. The van der Waals surface area contributed by atoms with Crippen LogP contribution in [-0.2, 0) is 9.47 Å². The quantitative estimate of drug-likeness (QED) is 0.245. The Balaban J connectivity index is 0.00000338. The summed E-state index contributed by atoms with van der Waals surface area (Å²) >= 11 is 0. The highest BCUT2D eigenvalue weighted by Gasteiger charge is 2.13. The number of hydrogen-bond acceptors (Lipinski definition) is 5. The number of benzene rings is 1. The molecule has 0 radical (unpaired) electrons. The first kappa shape index (κ1) is 22.8. The Kier molecular flexibility index (Phi) is 11.4. The van der Waals surface area contributed by atoms with E-state index in [1.165, 1.54) is 0 Å². The average Bonchev–Trinajstić information content (AvgIpc) is 2.65. The number of anilines is 1. The first-order valence-electron chi connectivity index (χ1n) is 8.67. The average molecular weight is 479 g/mol. The van der Waals surface area contributed by atoms with E-state index in [0.29, 0.717) is 36.5 Å². The third-order valence-corrected chi connectivity index (χ3v) is 4.08. The van der Waals surface area contributed by atoms with Crippen LogP contribution in [0.1, 0.15) is 19.3 Å². The van der Waals surface area contributed by atoms with Gasteiger partial charge in [-0.15, -0.1) is 24.0 Å². The maximum Gasteiger partial charge on any atom is 0.193 e. The standard InChI is InChI=1S/C18H29N3O4.HI/c1-22-16-5-4-15(12-17(16)23-2)21-18(19)20-8-3-9-25-13-14-6-10-24-11-7-14;/h4-5,12,14H,3,6-11,13H2,1-2H3,(H3,19,20,21);1H. The van der Waals surface area contributed by atoms with Crippen LogP contribution in [-0.4, -0.2) is 53.2 Å². The maximum atomic E-state index is 5.91. The largest absolute Gasteiger partial charge is 0.493 e. The van der Waals surface area contributed by atoms with E-state index in [0.717, 1.165) is 44.8 Å². The zero-order chi connectivity index (χ0) is 17.9. The zero-order valence-electron chi connectivity index (χ0n) is 15.5. The lowest BCUT2D eigenvalue weighted by atomic mass is 10.0. The van der Waals surface area contributed by atoms with Crippen molar-refractivity contribution in [3.8, 4) is 11.5 Å². The summed E-state index contributed by atoms with van der Waals surface area (Å²) in [6.07, 6.45) is 3.04. The minimum atomic E-state index is 0. The fourth-order valence-electron chi connectivity index (χ4n) is 2.63. The molecule has 1 aromatic rings. The Labute approximate surface area is 172 Å². The lowest BCUT2D eigenvalue weighted by molar-refractivity contribution is 0.0205. The molecule has 1 heterocycles. The lowest BCUT2D eigenvalue weighted by Gasteiger charge is -2.21. The smallest absolute Gasteiger partial charge is 0.193 e. The Hall–Kier alpha value is -1.26. The van der Waals surface area contributed by atoms with Crippen LogP contribution < -0.4 is 20.5 Å². The molecule has 3 N–H and O–H groups in total. The molecule has 0 spiro atoms. The van der Waals surface area contributed by atoms with E-state index in [1.807, 2.05) is 18.2 Å². The number of rotatable bonds is 9. The monoisotopic (exact) mass is 479 g/mol. The van der Waals surface area contributed by atoms with Gasteiger partial charge in [0.25, 0.3) is 0 Å². The summed E-state index contributed by atoms with van der Waals surface area (Å²) in [4.78, 5) is 4.31. The van der Waals surface area contributed by atoms with Crippen LogP contribution in [0.4, 0.5) is 5.69 Å². The Morgan fingerprint density at radius 1 is 1.23 bits per heavy atom. The van der Waals surface area contributed by atoms with Crippen LogP contribution in [0, 0.1) is 5.92 Å². The van der Waals surface area contributed by atoms with Crippen molar-refractivity contribution < 1.29 is 18.9 Å². The number of aliphatic imine (C=N–C) groups is 1. The van der Waals surface area contributed by atoms with Gasteiger partial charge in [-0.1, -0.05) is 0 Å². The Bertz CT molecular complexity index is 551. The van der Waals surface area contributed by atoms with Crippen molar-refractivity contribution >= 4 is 35.6 Å². The van der Waals surface area contributed by atoms with E-state index in [-0.39, 0.29) is 24.0 Å². The SMILES string of the molecule is COc1ccc(NC(N)=NCCCOCC2CCOCC2)cc1OC.I. The molecule has 8 heteroatoms. The van der Waals surface area contributed by atoms with Crippen LogP contribution in [0.2, 0.25) is 0 Å². The molecule has 1 aliphatic heterocycles. The summed E-state index contributed by atoms with van der Waals surface area (Å²) in [6.45, 7) is 3.85. The predicted octanol–water partition coefficient (Wildman–Crippen LogP) is 2.88. The number of ether oxygens (including phenoxy) is 4. The fourth-order valence-corrected chi connectivity index (χ4v) is 2.63.